The van der Waals surface area contributed by atoms with Gasteiger partial charge >= 0.3 is 0 Å². The highest BCUT2D eigenvalue weighted by Crippen LogP contribution is 2.23. The molecule has 1 unspecified atom stereocenters. The standard InChI is InChI=1S/C10H22N2/c1-10(2,11-3)8-9-6-5-7-12(9)4/h9,11H,5-8H2,1-4H3. The van der Waals surface area contributed by atoms with Gasteiger partial charge in [-0.3, -0.25) is 0 Å². The molecular formula is C10H22N2. The Kier molecular flexibility index (Phi) is 3.13. The zero-order valence-electron chi connectivity index (χ0n) is 8.85. The van der Waals surface area contributed by atoms with E-state index >= 15 is 0 Å². The molecule has 0 amide bonds. The highest BCUT2D eigenvalue weighted by molar-refractivity contribution is 4.86. The predicted octanol–water partition coefficient (Wildman–Crippen LogP) is 1.47. The number of hydrogen-bond acceptors (Lipinski definition) is 2. The molecule has 0 radical (unpaired) electrons. The largest absolute Gasteiger partial charge is 0.315 e. The third-order valence-corrected chi connectivity index (χ3v) is 3.09. The Morgan fingerprint density at radius 2 is 2.17 bits per heavy atom. The smallest absolute Gasteiger partial charge is 0.0137 e. The summed E-state index contributed by atoms with van der Waals surface area (Å²) in [4.78, 5) is 2.49. The van der Waals surface area contributed by atoms with Gasteiger partial charge in [-0.1, -0.05) is 0 Å². The van der Waals surface area contributed by atoms with E-state index in [4.69, 9.17) is 0 Å². The number of hydrogen-bond donors (Lipinski definition) is 1. The summed E-state index contributed by atoms with van der Waals surface area (Å²) >= 11 is 0. The van der Waals surface area contributed by atoms with Crippen LogP contribution in [-0.2, 0) is 0 Å². The van der Waals surface area contributed by atoms with Crippen LogP contribution in [0.5, 0.6) is 0 Å². The minimum Gasteiger partial charge on any atom is -0.315 e. The SMILES string of the molecule is CNC(C)(C)CC1CCCN1C. The van der Waals surface area contributed by atoms with Crippen LogP contribution >= 0.6 is 0 Å². The fraction of sp³-hybridized carbons (Fsp3) is 1.00. The van der Waals surface area contributed by atoms with Crippen LogP contribution in [0.3, 0.4) is 0 Å². The van der Waals surface area contributed by atoms with Crippen LogP contribution < -0.4 is 5.32 Å². The Morgan fingerprint density at radius 1 is 1.50 bits per heavy atom. The van der Waals surface area contributed by atoms with Gasteiger partial charge in [-0.15, -0.1) is 0 Å². The average molecular weight is 170 g/mol. The molecule has 72 valence electrons. The maximum absolute atomic E-state index is 3.36. The third kappa shape index (κ3) is 2.46. The van der Waals surface area contributed by atoms with E-state index < -0.39 is 0 Å². The van der Waals surface area contributed by atoms with Crippen molar-refractivity contribution in [2.45, 2.75) is 44.7 Å². The zero-order chi connectivity index (χ0) is 9.19. The molecule has 2 heteroatoms. The summed E-state index contributed by atoms with van der Waals surface area (Å²) in [6, 6.07) is 0.799. The highest BCUT2D eigenvalue weighted by atomic mass is 15.1. The van der Waals surface area contributed by atoms with Gasteiger partial charge in [0.1, 0.15) is 0 Å². The van der Waals surface area contributed by atoms with Crippen LogP contribution in [0.15, 0.2) is 0 Å². The van der Waals surface area contributed by atoms with E-state index in [0.717, 1.165) is 6.04 Å². The quantitative estimate of drug-likeness (QED) is 0.690. The first-order chi connectivity index (χ1) is 5.55. The minimum absolute atomic E-state index is 0.295. The molecule has 1 aliphatic rings. The van der Waals surface area contributed by atoms with Crippen molar-refractivity contribution in [1.29, 1.82) is 0 Å². The Labute approximate surface area is 76.3 Å². The van der Waals surface area contributed by atoms with Crippen molar-refractivity contribution in [3.63, 3.8) is 0 Å². The van der Waals surface area contributed by atoms with Crippen LogP contribution in [0.4, 0.5) is 0 Å². The molecule has 0 aliphatic carbocycles. The molecule has 0 spiro atoms. The van der Waals surface area contributed by atoms with Crippen molar-refractivity contribution in [3.8, 4) is 0 Å². The van der Waals surface area contributed by atoms with Gasteiger partial charge in [-0.05, 0) is 53.8 Å². The third-order valence-electron chi connectivity index (χ3n) is 3.09. The molecular weight excluding hydrogens is 148 g/mol. The Balaban J connectivity index is 2.39. The van der Waals surface area contributed by atoms with Crippen molar-refractivity contribution < 1.29 is 0 Å². The van der Waals surface area contributed by atoms with Crippen LogP contribution in [0.25, 0.3) is 0 Å². The van der Waals surface area contributed by atoms with Crippen molar-refractivity contribution in [1.82, 2.24) is 10.2 Å². The molecule has 0 saturated carbocycles. The van der Waals surface area contributed by atoms with Gasteiger partial charge in [0, 0.05) is 11.6 Å². The summed E-state index contributed by atoms with van der Waals surface area (Å²) in [6.07, 6.45) is 4.02. The maximum Gasteiger partial charge on any atom is 0.0137 e. The molecule has 1 aliphatic heterocycles. The number of nitrogens with zero attached hydrogens (tertiary/aromatic N) is 1. The van der Waals surface area contributed by atoms with E-state index in [1.54, 1.807) is 0 Å². The van der Waals surface area contributed by atoms with Crippen molar-refractivity contribution >= 4 is 0 Å². The molecule has 0 aromatic rings. The van der Waals surface area contributed by atoms with Crippen molar-refractivity contribution in [2.24, 2.45) is 0 Å². The molecule has 2 nitrogen and oxygen atoms in total. The molecule has 12 heavy (non-hydrogen) atoms. The Morgan fingerprint density at radius 3 is 2.58 bits per heavy atom. The second-order valence-electron chi connectivity index (χ2n) is 4.61. The summed E-state index contributed by atoms with van der Waals surface area (Å²) < 4.78 is 0. The first-order valence-electron chi connectivity index (χ1n) is 4.94. The fourth-order valence-electron chi connectivity index (χ4n) is 1.93. The zero-order valence-corrected chi connectivity index (χ0v) is 8.85. The van der Waals surface area contributed by atoms with Crippen molar-refractivity contribution in [3.05, 3.63) is 0 Å². The van der Waals surface area contributed by atoms with Crippen LogP contribution in [0.1, 0.15) is 33.1 Å². The first-order valence-corrected chi connectivity index (χ1v) is 4.94. The topological polar surface area (TPSA) is 15.3 Å². The van der Waals surface area contributed by atoms with Gasteiger partial charge in [0.25, 0.3) is 0 Å². The lowest BCUT2D eigenvalue weighted by Gasteiger charge is -2.30. The predicted molar refractivity (Wildman–Crippen MR) is 53.4 cm³/mol. The number of rotatable bonds is 3. The molecule has 1 rings (SSSR count). The summed E-state index contributed by atoms with van der Waals surface area (Å²) in [7, 11) is 4.29. The molecule has 1 N–H and O–H groups in total. The van der Waals surface area contributed by atoms with E-state index in [9.17, 15) is 0 Å². The van der Waals surface area contributed by atoms with E-state index in [2.05, 4.69) is 38.2 Å². The second kappa shape index (κ2) is 3.75. The molecule has 1 fully saturated rings. The summed E-state index contributed by atoms with van der Waals surface area (Å²) in [5, 5.41) is 3.36. The van der Waals surface area contributed by atoms with Crippen LogP contribution in [-0.4, -0.2) is 37.1 Å². The molecule has 0 bridgehead atoms. The molecule has 1 saturated heterocycles. The van der Waals surface area contributed by atoms with E-state index in [0.29, 0.717) is 5.54 Å². The van der Waals surface area contributed by atoms with Gasteiger partial charge in [0.15, 0.2) is 0 Å². The van der Waals surface area contributed by atoms with Crippen LogP contribution in [0, 0.1) is 0 Å². The monoisotopic (exact) mass is 170 g/mol. The lowest BCUT2D eigenvalue weighted by molar-refractivity contribution is 0.237. The number of nitrogens with one attached hydrogen (secondary N) is 1. The van der Waals surface area contributed by atoms with Crippen molar-refractivity contribution in [2.75, 3.05) is 20.6 Å². The van der Waals surface area contributed by atoms with E-state index in [1.165, 1.54) is 25.8 Å². The summed E-state index contributed by atoms with van der Waals surface area (Å²) in [5.41, 5.74) is 0.295. The number of likely N-dealkylation sites (tertiary alicyclic amines) is 1. The Hall–Kier alpha value is -0.0800. The van der Waals surface area contributed by atoms with Gasteiger partial charge in [0.05, 0.1) is 0 Å². The normalized spacial score (nSPS) is 26.5. The van der Waals surface area contributed by atoms with E-state index in [-0.39, 0.29) is 0 Å². The van der Waals surface area contributed by atoms with Gasteiger partial charge in [-0.25, -0.2) is 0 Å². The minimum atomic E-state index is 0.295. The maximum atomic E-state index is 3.36. The van der Waals surface area contributed by atoms with Gasteiger partial charge < -0.3 is 10.2 Å². The Bertz CT molecular complexity index is 143. The first kappa shape index (κ1) is 10.0. The van der Waals surface area contributed by atoms with Crippen LogP contribution in [0.2, 0.25) is 0 Å². The molecule has 1 heterocycles. The highest BCUT2D eigenvalue weighted by Gasteiger charge is 2.27. The van der Waals surface area contributed by atoms with E-state index in [1.807, 2.05) is 0 Å². The summed E-state index contributed by atoms with van der Waals surface area (Å²) in [5.74, 6) is 0. The average Bonchev–Trinajstić information content (AvgIpc) is 2.36. The lowest BCUT2D eigenvalue weighted by Crippen LogP contribution is -2.42. The fourth-order valence-corrected chi connectivity index (χ4v) is 1.93. The molecule has 1 atom stereocenters. The summed E-state index contributed by atoms with van der Waals surface area (Å²) in [6.45, 7) is 5.84. The lowest BCUT2D eigenvalue weighted by atomic mass is 9.94. The molecule has 0 aromatic heterocycles. The second-order valence-corrected chi connectivity index (χ2v) is 4.61. The van der Waals surface area contributed by atoms with Gasteiger partial charge in [0.2, 0.25) is 0 Å². The van der Waals surface area contributed by atoms with Gasteiger partial charge in [-0.2, -0.15) is 0 Å². The molecule has 0 aromatic carbocycles.